The van der Waals surface area contributed by atoms with Crippen LogP contribution in [-0.4, -0.2) is 26.2 Å². The van der Waals surface area contributed by atoms with Crippen molar-refractivity contribution >= 4 is 11.9 Å². The maximum Gasteiger partial charge on any atom is 0.347 e. The summed E-state index contributed by atoms with van der Waals surface area (Å²) in [6.07, 6.45) is 0. The SMILES string of the molecule is CC#Cc1ccc(OC(=O)c2ccc(OC(=O)c3ccc(OC)cc3OC)cc2)cc1. The van der Waals surface area contributed by atoms with Crippen LogP contribution in [0.5, 0.6) is 23.0 Å². The Morgan fingerprint density at radius 1 is 0.710 bits per heavy atom. The molecule has 0 saturated carbocycles. The van der Waals surface area contributed by atoms with Crippen molar-refractivity contribution in [2.75, 3.05) is 14.2 Å². The fraction of sp³-hybridized carbons (Fsp3) is 0.120. The second kappa shape index (κ2) is 9.99. The van der Waals surface area contributed by atoms with Gasteiger partial charge in [0.2, 0.25) is 0 Å². The van der Waals surface area contributed by atoms with Crippen LogP contribution in [0.3, 0.4) is 0 Å². The molecular weight excluding hydrogens is 396 g/mol. The van der Waals surface area contributed by atoms with Gasteiger partial charge < -0.3 is 18.9 Å². The number of carbonyl (C=O) groups excluding carboxylic acids is 2. The van der Waals surface area contributed by atoms with Crippen LogP contribution < -0.4 is 18.9 Å². The monoisotopic (exact) mass is 416 g/mol. The number of hydrogen-bond acceptors (Lipinski definition) is 6. The first-order valence-corrected chi connectivity index (χ1v) is 9.33. The normalized spacial score (nSPS) is 9.77. The fourth-order valence-corrected chi connectivity index (χ4v) is 2.70. The zero-order valence-corrected chi connectivity index (χ0v) is 17.3. The lowest BCUT2D eigenvalue weighted by Gasteiger charge is -2.10. The smallest absolute Gasteiger partial charge is 0.347 e. The number of methoxy groups -OCH3 is 2. The molecule has 6 heteroatoms. The Labute approximate surface area is 180 Å². The molecular formula is C25H20O6. The molecule has 6 nitrogen and oxygen atoms in total. The topological polar surface area (TPSA) is 71.1 Å². The molecule has 3 rings (SSSR count). The minimum atomic E-state index is -0.593. The van der Waals surface area contributed by atoms with E-state index in [1.807, 2.05) is 0 Å². The molecule has 0 fully saturated rings. The van der Waals surface area contributed by atoms with E-state index in [1.165, 1.54) is 38.5 Å². The van der Waals surface area contributed by atoms with Crippen molar-refractivity contribution in [1.29, 1.82) is 0 Å². The standard InChI is InChI=1S/C25H20O6/c1-4-5-17-6-10-19(11-7-17)30-24(26)18-8-12-20(13-9-18)31-25(27)22-15-14-21(28-2)16-23(22)29-3/h6-16H,1-3H3. The summed E-state index contributed by atoms with van der Waals surface area (Å²) in [5, 5.41) is 0. The van der Waals surface area contributed by atoms with Gasteiger partial charge >= 0.3 is 11.9 Å². The molecule has 0 spiro atoms. The Morgan fingerprint density at radius 3 is 1.87 bits per heavy atom. The van der Waals surface area contributed by atoms with Crippen molar-refractivity contribution in [3.63, 3.8) is 0 Å². The number of esters is 2. The average Bonchev–Trinajstić information content (AvgIpc) is 2.80. The third-order valence-electron chi connectivity index (χ3n) is 4.26. The van der Waals surface area contributed by atoms with Gasteiger partial charge in [0.15, 0.2) is 0 Å². The largest absolute Gasteiger partial charge is 0.497 e. The van der Waals surface area contributed by atoms with E-state index in [9.17, 15) is 9.59 Å². The van der Waals surface area contributed by atoms with E-state index < -0.39 is 11.9 Å². The van der Waals surface area contributed by atoms with Crippen molar-refractivity contribution in [2.24, 2.45) is 0 Å². The Morgan fingerprint density at radius 2 is 1.29 bits per heavy atom. The van der Waals surface area contributed by atoms with Crippen molar-refractivity contribution in [3.05, 3.63) is 83.4 Å². The van der Waals surface area contributed by atoms with Crippen molar-refractivity contribution in [3.8, 4) is 34.8 Å². The van der Waals surface area contributed by atoms with Crippen LogP contribution >= 0.6 is 0 Å². The highest BCUT2D eigenvalue weighted by Crippen LogP contribution is 2.26. The summed E-state index contributed by atoms with van der Waals surface area (Å²) in [6, 6.07) is 17.8. The molecule has 3 aromatic rings. The first-order chi connectivity index (χ1) is 15.0. The molecule has 31 heavy (non-hydrogen) atoms. The van der Waals surface area contributed by atoms with Gasteiger partial charge in [0.25, 0.3) is 0 Å². The Hall–Kier alpha value is -4.24. The number of ether oxygens (including phenoxy) is 4. The van der Waals surface area contributed by atoms with Gasteiger partial charge in [-0.25, -0.2) is 9.59 Å². The Kier molecular flexibility index (Phi) is 6.92. The van der Waals surface area contributed by atoms with Gasteiger partial charge in [0, 0.05) is 11.6 Å². The van der Waals surface area contributed by atoms with Gasteiger partial charge in [0.1, 0.15) is 28.6 Å². The number of rotatable bonds is 6. The second-order valence-corrected chi connectivity index (χ2v) is 6.27. The summed E-state index contributed by atoms with van der Waals surface area (Å²) in [7, 11) is 2.98. The van der Waals surface area contributed by atoms with Crippen molar-refractivity contribution in [2.45, 2.75) is 6.92 Å². The third kappa shape index (κ3) is 5.43. The van der Waals surface area contributed by atoms with Crippen LogP contribution in [0, 0.1) is 11.8 Å². The number of benzene rings is 3. The average molecular weight is 416 g/mol. The quantitative estimate of drug-likeness (QED) is 0.334. The van der Waals surface area contributed by atoms with E-state index in [0.717, 1.165) is 5.56 Å². The molecule has 0 aliphatic heterocycles. The number of carbonyl (C=O) groups is 2. The highest BCUT2D eigenvalue weighted by molar-refractivity contribution is 5.94. The lowest BCUT2D eigenvalue weighted by atomic mass is 10.2. The lowest BCUT2D eigenvalue weighted by Crippen LogP contribution is -2.11. The summed E-state index contributed by atoms with van der Waals surface area (Å²) < 4.78 is 21.1. The van der Waals surface area contributed by atoms with Gasteiger partial charge in [0.05, 0.1) is 19.8 Å². The minimum absolute atomic E-state index is 0.253. The lowest BCUT2D eigenvalue weighted by molar-refractivity contribution is 0.0728. The Bertz CT molecular complexity index is 1140. The van der Waals surface area contributed by atoms with Crippen LogP contribution in [0.15, 0.2) is 66.7 Å². The van der Waals surface area contributed by atoms with Gasteiger partial charge in [-0.3, -0.25) is 0 Å². The zero-order valence-electron chi connectivity index (χ0n) is 17.3. The number of hydrogen-bond donors (Lipinski definition) is 0. The van der Waals surface area contributed by atoms with E-state index in [0.29, 0.717) is 22.8 Å². The molecule has 0 radical (unpaired) electrons. The molecule has 0 aliphatic carbocycles. The molecule has 0 atom stereocenters. The van der Waals surface area contributed by atoms with Crippen LogP contribution in [0.25, 0.3) is 0 Å². The van der Waals surface area contributed by atoms with E-state index in [2.05, 4.69) is 11.8 Å². The summed E-state index contributed by atoms with van der Waals surface area (Å²) in [5.41, 5.74) is 1.41. The predicted octanol–water partition coefficient (Wildman–Crippen LogP) is 4.51. The molecule has 156 valence electrons. The van der Waals surface area contributed by atoms with Gasteiger partial charge in [-0.15, -0.1) is 5.92 Å². The molecule has 0 amide bonds. The second-order valence-electron chi connectivity index (χ2n) is 6.27. The molecule has 3 aromatic carbocycles. The maximum atomic E-state index is 12.5. The van der Waals surface area contributed by atoms with Gasteiger partial charge in [-0.05, 0) is 67.6 Å². The predicted molar refractivity (Wildman–Crippen MR) is 115 cm³/mol. The highest BCUT2D eigenvalue weighted by Gasteiger charge is 2.16. The Balaban J connectivity index is 1.66. The summed E-state index contributed by atoms with van der Waals surface area (Å²) in [5.74, 6) is 6.19. The maximum absolute atomic E-state index is 12.5. The van der Waals surface area contributed by atoms with Crippen LogP contribution in [0.4, 0.5) is 0 Å². The first-order valence-electron chi connectivity index (χ1n) is 9.33. The molecule has 0 bridgehead atoms. The first kappa shape index (κ1) is 21.5. The van der Waals surface area contributed by atoms with E-state index in [4.69, 9.17) is 18.9 Å². The van der Waals surface area contributed by atoms with Gasteiger partial charge in [-0.2, -0.15) is 0 Å². The zero-order chi connectivity index (χ0) is 22.2. The van der Waals surface area contributed by atoms with Crippen molar-refractivity contribution < 1.29 is 28.5 Å². The minimum Gasteiger partial charge on any atom is -0.497 e. The molecule has 0 aromatic heterocycles. The van der Waals surface area contributed by atoms with Crippen LogP contribution in [0.1, 0.15) is 33.2 Å². The third-order valence-corrected chi connectivity index (χ3v) is 4.26. The van der Waals surface area contributed by atoms with Crippen molar-refractivity contribution in [1.82, 2.24) is 0 Å². The van der Waals surface area contributed by atoms with Crippen LogP contribution in [0.2, 0.25) is 0 Å². The molecule has 0 unspecified atom stereocenters. The van der Waals surface area contributed by atoms with E-state index in [-0.39, 0.29) is 11.3 Å². The van der Waals surface area contributed by atoms with Gasteiger partial charge in [-0.1, -0.05) is 5.92 Å². The fourth-order valence-electron chi connectivity index (χ4n) is 2.70. The summed E-state index contributed by atoms with van der Waals surface area (Å²) >= 11 is 0. The molecule has 0 heterocycles. The summed E-state index contributed by atoms with van der Waals surface area (Å²) in [6.45, 7) is 1.75. The molecule has 0 aliphatic rings. The molecule has 0 N–H and O–H groups in total. The highest BCUT2D eigenvalue weighted by atomic mass is 16.5. The summed E-state index contributed by atoms with van der Waals surface area (Å²) in [4.78, 5) is 24.8. The van der Waals surface area contributed by atoms with E-state index in [1.54, 1.807) is 49.4 Å². The van der Waals surface area contributed by atoms with Crippen LogP contribution in [-0.2, 0) is 0 Å². The molecule has 0 saturated heterocycles. The van der Waals surface area contributed by atoms with E-state index >= 15 is 0 Å².